The molecule has 0 bridgehead atoms. The van der Waals surface area contributed by atoms with Crippen LogP contribution in [0.5, 0.6) is 0 Å². The van der Waals surface area contributed by atoms with Crippen molar-refractivity contribution in [3.63, 3.8) is 0 Å². The molecule has 3 aliphatic heterocycles. The van der Waals surface area contributed by atoms with Crippen molar-refractivity contribution in [3.8, 4) is 0 Å². The summed E-state index contributed by atoms with van der Waals surface area (Å²) in [7, 11) is 0. The van der Waals surface area contributed by atoms with Crippen molar-refractivity contribution in [2.75, 3.05) is 19.6 Å². The van der Waals surface area contributed by atoms with Crippen LogP contribution in [0.25, 0.3) is 0 Å². The van der Waals surface area contributed by atoms with E-state index < -0.39 is 32.4 Å². The van der Waals surface area contributed by atoms with Gasteiger partial charge in [-0.3, -0.25) is 34.3 Å². The molecule has 10 heteroatoms. The summed E-state index contributed by atoms with van der Waals surface area (Å²) in [5.74, 6) is 0.0434. The van der Waals surface area contributed by atoms with E-state index in [0.29, 0.717) is 58.2 Å². The Morgan fingerprint density at radius 1 is 0.600 bits per heavy atom. The van der Waals surface area contributed by atoms with Gasteiger partial charge in [0.05, 0.1) is 15.7 Å². The van der Waals surface area contributed by atoms with Crippen molar-refractivity contribution < 1.29 is 14.4 Å². The van der Waals surface area contributed by atoms with Crippen molar-refractivity contribution in [2.24, 2.45) is 15.0 Å². The van der Waals surface area contributed by atoms with Gasteiger partial charge in [0.1, 0.15) is 16.6 Å². The Hall–Kier alpha value is -1.75. The summed E-state index contributed by atoms with van der Waals surface area (Å²) >= 11 is 14.8. The average molecular weight is 603 g/mol. The third-order valence-corrected chi connectivity index (χ3v) is 9.43. The van der Waals surface area contributed by atoms with Crippen LogP contribution in [0.1, 0.15) is 59.3 Å². The predicted molar refractivity (Wildman–Crippen MR) is 176 cm³/mol. The van der Waals surface area contributed by atoms with E-state index >= 15 is 0 Å². The molecule has 0 aromatic rings. The summed E-state index contributed by atoms with van der Waals surface area (Å²) < 4.78 is 0. The molecule has 7 nitrogen and oxygen atoms in total. The molecule has 0 aromatic carbocycles. The summed E-state index contributed by atoms with van der Waals surface area (Å²) in [5, 5.41) is -1.42. The Bertz CT molecular complexity index is 953. The number of thiol groups is 3. The maximum atomic E-state index is 13.3. The number of allylic oxidation sites excluding steroid dienone is 3. The first kappa shape index (κ1) is 32.8. The van der Waals surface area contributed by atoms with Gasteiger partial charge in [0.15, 0.2) is 17.3 Å². The van der Waals surface area contributed by atoms with Crippen LogP contribution in [-0.4, -0.2) is 92.9 Å². The van der Waals surface area contributed by atoms with Crippen LogP contribution in [0.2, 0.25) is 0 Å². The molecule has 3 rings (SSSR count). The van der Waals surface area contributed by atoms with Gasteiger partial charge < -0.3 is 0 Å². The highest BCUT2D eigenvalue weighted by Crippen LogP contribution is 2.35. The van der Waals surface area contributed by atoms with Crippen molar-refractivity contribution in [2.45, 2.75) is 91.7 Å². The van der Waals surface area contributed by atoms with Crippen LogP contribution in [0.3, 0.4) is 0 Å². The van der Waals surface area contributed by atoms with Crippen molar-refractivity contribution >= 4 is 73.9 Å². The number of carbonyl (C=O) groups is 3. The lowest BCUT2D eigenvalue weighted by Gasteiger charge is -2.39. The minimum Gasteiger partial charge on any atom is -0.300 e. The standard InChI is InChI=1S/C30H42N4O3S3/c1-4-10-22(35)28(13-7-16-31-28)25(38)19-34(20-26(39)29(14-8-17-32-29)23(36)11-5-2)21-27(40)30(15-9-18-33-30)24(37)12-6-3/h7-9,13-18,25-27,38-40H,4-6,10-12,19-21H2,1-3H3. The Kier molecular flexibility index (Phi) is 11.8. The van der Waals surface area contributed by atoms with Crippen molar-refractivity contribution in [3.05, 3.63) is 36.5 Å². The second kappa shape index (κ2) is 14.4. The number of rotatable bonds is 18. The van der Waals surface area contributed by atoms with Gasteiger partial charge in [-0.25, -0.2) is 0 Å². The molecule has 3 aliphatic rings. The Morgan fingerprint density at radius 2 is 0.875 bits per heavy atom. The van der Waals surface area contributed by atoms with Gasteiger partial charge in [0, 0.05) is 57.5 Å². The lowest BCUT2D eigenvalue weighted by molar-refractivity contribution is -0.123. The normalized spacial score (nSPS) is 28.6. The molecule has 0 aliphatic carbocycles. The highest BCUT2D eigenvalue weighted by atomic mass is 32.1. The second-order valence-corrected chi connectivity index (χ2v) is 12.5. The van der Waals surface area contributed by atoms with Crippen LogP contribution in [-0.2, 0) is 14.4 Å². The zero-order valence-electron chi connectivity index (χ0n) is 23.6. The maximum Gasteiger partial charge on any atom is 0.165 e. The van der Waals surface area contributed by atoms with Crippen LogP contribution in [0, 0.1) is 0 Å². The quantitative estimate of drug-likeness (QED) is 0.203. The molecule has 0 saturated heterocycles. The summed E-state index contributed by atoms with van der Waals surface area (Å²) in [5.41, 5.74) is -3.21. The molecule has 0 aromatic heterocycles. The van der Waals surface area contributed by atoms with Gasteiger partial charge in [0.2, 0.25) is 0 Å². The Balaban J connectivity index is 1.93. The summed E-state index contributed by atoms with van der Waals surface area (Å²) in [4.78, 5) is 55.6. The minimum atomic E-state index is -1.07. The number of ketones is 3. The number of aliphatic imine (C=N–C) groups is 3. The number of hydrogen-bond donors (Lipinski definition) is 3. The number of carbonyl (C=O) groups excluding carboxylic acids is 3. The van der Waals surface area contributed by atoms with E-state index in [1.54, 1.807) is 36.9 Å². The highest BCUT2D eigenvalue weighted by Gasteiger charge is 2.47. The van der Waals surface area contributed by atoms with Crippen LogP contribution in [0.15, 0.2) is 51.4 Å². The predicted octanol–water partition coefficient (Wildman–Crippen LogP) is 4.43. The number of hydrogen-bond acceptors (Lipinski definition) is 10. The zero-order chi connectivity index (χ0) is 29.4. The molecule has 0 spiro atoms. The van der Waals surface area contributed by atoms with Gasteiger partial charge in [-0.1, -0.05) is 20.8 Å². The molecule has 40 heavy (non-hydrogen) atoms. The van der Waals surface area contributed by atoms with Gasteiger partial charge in [-0.15, -0.1) is 0 Å². The van der Waals surface area contributed by atoms with Crippen molar-refractivity contribution in [1.82, 2.24) is 4.90 Å². The monoisotopic (exact) mass is 602 g/mol. The smallest absolute Gasteiger partial charge is 0.165 e. The first-order valence-electron chi connectivity index (χ1n) is 14.2. The van der Waals surface area contributed by atoms with Gasteiger partial charge in [-0.2, -0.15) is 37.9 Å². The average Bonchev–Trinajstić information content (AvgIpc) is 3.71. The van der Waals surface area contributed by atoms with Crippen LogP contribution >= 0.6 is 37.9 Å². The largest absolute Gasteiger partial charge is 0.300 e. The lowest BCUT2D eigenvalue weighted by atomic mass is 9.85. The third kappa shape index (κ3) is 6.66. The Labute approximate surface area is 255 Å². The highest BCUT2D eigenvalue weighted by molar-refractivity contribution is 7.81. The van der Waals surface area contributed by atoms with E-state index in [4.69, 9.17) is 37.9 Å². The molecule has 3 heterocycles. The van der Waals surface area contributed by atoms with Gasteiger partial charge in [0.25, 0.3) is 0 Å². The fourth-order valence-electron chi connectivity index (χ4n) is 5.50. The van der Waals surface area contributed by atoms with E-state index in [2.05, 4.69) is 19.9 Å². The fraction of sp³-hybridized carbons (Fsp3) is 0.600. The van der Waals surface area contributed by atoms with Crippen molar-refractivity contribution in [1.29, 1.82) is 0 Å². The SMILES string of the molecule is CCCC(=O)C1(C(S)CN(CC(S)C2(C(=O)CCC)C=CC=N2)CC(S)C2(C(=O)CCC)C=CC=N2)C=CC=N1. The minimum absolute atomic E-state index is 0.0145. The molecule has 6 unspecified atom stereocenters. The molecule has 218 valence electrons. The second-order valence-electron chi connectivity index (χ2n) is 10.7. The fourth-order valence-corrected chi connectivity index (χ4v) is 7.08. The molecule has 0 amide bonds. The van der Waals surface area contributed by atoms with E-state index in [9.17, 15) is 14.4 Å². The van der Waals surface area contributed by atoms with Gasteiger partial charge in [-0.05, 0) is 55.7 Å². The zero-order valence-corrected chi connectivity index (χ0v) is 26.3. The lowest BCUT2D eigenvalue weighted by Crippen LogP contribution is -2.55. The number of nitrogens with zero attached hydrogens (tertiary/aromatic N) is 4. The molecular weight excluding hydrogens is 561 g/mol. The number of Topliss-reactive ketones (excluding diaryl/α,β-unsaturated/α-hetero) is 3. The molecule has 0 radical (unpaired) electrons. The summed E-state index contributed by atoms with van der Waals surface area (Å²) in [6.45, 7) is 6.96. The first-order valence-corrected chi connectivity index (χ1v) is 15.7. The van der Waals surface area contributed by atoms with E-state index in [1.165, 1.54) is 0 Å². The van der Waals surface area contributed by atoms with Gasteiger partial charge >= 0.3 is 0 Å². The molecule has 0 saturated carbocycles. The third-order valence-electron chi connectivity index (χ3n) is 7.76. The van der Waals surface area contributed by atoms with Crippen LogP contribution < -0.4 is 0 Å². The molecule has 0 N–H and O–H groups in total. The molecule has 6 atom stereocenters. The molecular formula is C30H42N4O3S3. The van der Waals surface area contributed by atoms with Crippen LogP contribution in [0.4, 0.5) is 0 Å². The topological polar surface area (TPSA) is 91.5 Å². The molecule has 0 fully saturated rings. The summed E-state index contributed by atoms with van der Waals surface area (Å²) in [6.07, 6.45) is 19.1. The first-order chi connectivity index (χ1) is 19.1. The van der Waals surface area contributed by atoms with E-state index in [-0.39, 0.29) is 17.3 Å². The van der Waals surface area contributed by atoms with E-state index in [0.717, 1.165) is 0 Å². The Morgan fingerprint density at radius 3 is 1.07 bits per heavy atom. The summed E-state index contributed by atoms with van der Waals surface area (Å²) in [6, 6.07) is 0. The van der Waals surface area contributed by atoms with E-state index in [1.807, 2.05) is 39.0 Å². The maximum absolute atomic E-state index is 13.3.